The monoisotopic (exact) mass is 740 g/mol. The molecule has 0 aliphatic heterocycles. The fourth-order valence-corrected chi connectivity index (χ4v) is 6.46. The molecule has 9 aromatic carbocycles. The maximum Gasteiger partial charge on any atom is 0.107 e. The van der Waals surface area contributed by atoms with Crippen molar-refractivity contribution < 1.29 is 41.1 Å². The van der Waals surface area contributed by atoms with Crippen LogP contribution in [0.15, 0.2) is 230 Å². The first-order chi connectivity index (χ1) is 40.2. The lowest BCUT2D eigenvalue weighted by Gasteiger charge is -2.31. The summed E-state index contributed by atoms with van der Waals surface area (Å²) in [5.74, 6) is 11.5. The average molecular weight is 741 g/mol. The summed E-state index contributed by atoms with van der Waals surface area (Å²) in [4.78, 5) is 0. The van der Waals surface area contributed by atoms with Crippen LogP contribution in [0, 0.1) is 23.7 Å². The maximum absolute atomic E-state index is 9.39. The van der Waals surface area contributed by atoms with Crippen LogP contribution in [0.2, 0.25) is 0 Å². The summed E-state index contributed by atoms with van der Waals surface area (Å²) in [6.45, 7) is 0. The molecule has 0 heterocycles. The van der Waals surface area contributed by atoms with E-state index in [1.165, 1.54) is 48.5 Å². The van der Waals surface area contributed by atoms with Gasteiger partial charge in [-0.2, -0.15) is 0 Å². The van der Waals surface area contributed by atoms with Crippen molar-refractivity contribution >= 4 is 21.5 Å². The van der Waals surface area contributed by atoms with E-state index in [-0.39, 0.29) is 32.7 Å². The Labute approximate surface area is 371 Å². The Kier molecular flexibility index (Phi) is 3.98. The van der Waals surface area contributed by atoms with Gasteiger partial charge in [-0.05, 0) is 54.9 Å². The topological polar surface area (TPSA) is 0 Å². The third-order valence-corrected chi connectivity index (χ3v) is 8.93. The average Bonchev–Trinajstić information content (AvgIpc) is 0.743. The molecule has 0 aliphatic rings. The number of hydrogen-bond donors (Lipinski definition) is 0. The van der Waals surface area contributed by atoms with Crippen molar-refractivity contribution in [3.8, 4) is 23.7 Å². The molecule has 0 aliphatic carbocycles. The summed E-state index contributed by atoms with van der Waals surface area (Å²) >= 11 is 0. The van der Waals surface area contributed by atoms with E-state index in [2.05, 4.69) is 23.7 Å². The lowest BCUT2D eigenvalue weighted by Crippen LogP contribution is -2.27. The molecule has 0 amide bonds. The van der Waals surface area contributed by atoms with E-state index in [9.17, 15) is 16.4 Å². The van der Waals surface area contributed by atoms with Gasteiger partial charge < -0.3 is 0 Å². The molecular weight excluding hydrogens is 673 g/mol. The van der Waals surface area contributed by atoms with Crippen LogP contribution in [-0.2, 0) is 10.8 Å². The fourth-order valence-electron chi connectivity index (χ4n) is 6.46. The van der Waals surface area contributed by atoms with Crippen molar-refractivity contribution in [3.63, 3.8) is 0 Å². The summed E-state index contributed by atoms with van der Waals surface area (Å²) < 4.78 is 270. The van der Waals surface area contributed by atoms with Crippen LogP contribution in [0.1, 0.15) is 85.6 Å². The highest BCUT2D eigenvalue weighted by Gasteiger charge is 2.36. The first-order valence-electron chi connectivity index (χ1n) is 31.7. The molecule has 262 valence electrons. The largest absolute Gasteiger partial charge is 0.107 e. The summed E-state index contributed by atoms with van der Waals surface area (Å²) in [5, 5.41) is 0.163. The van der Waals surface area contributed by atoms with Crippen molar-refractivity contribution in [1.29, 1.82) is 0 Å². The number of rotatable bonds is 6. The van der Waals surface area contributed by atoms with Gasteiger partial charge in [-0.1, -0.05) is 253 Å². The van der Waals surface area contributed by atoms with Crippen LogP contribution in [0.25, 0.3) is 21.5 Å². The van der Waals surface area contributed by atoms with Crippen molar-refractivity contribution in [2.75, 3.05) is 0 Å². The van der Waals surface area contributed by atoms with E-state index < -0.39 is 225 Å². The van der Waals surface area contributed by atoms with Gasteiger partial charge in [0.05, 0.1) is 41.1 Å². The Morgan fingerprint density at radius 2 is 0.482 bits per heavy atom. The zero-order chi connectivity index (χ0) is 63.7. The van der Waals surface area contributed by atoms with Crippen molar-refractivity contribution in [2.45, 2.75) is 10.8 Å². The minimum absolute atomic E-state index is 0.0408. The summed E-state index contributed by atoms with van der Waals surface area (Å²) in [7, 11) is 0. The van der Waals surface area contributed by atoms with E-state index >= 15 is 0 Å². The first-order valence-corrected chi connectivity index (χ1v) is 16.7. The predicted octanol–water partition coefficient (Wildman–Crippen LogP) is 12.8. The van der Waals surface area contributed by atoms with Gasteiger partial charge in [0, 0.05) is 11.1 Å². The highest BCUT2D eigenvalue weighted by atomic mass is 14.4. The molecule has 0 unspecified atom stereocenters. The van der Waals surface area contributed by atoms with Gasteiger partial charge in [0.2, 0.25) is 0 Å². The Bertz CT molecular complexity index is 3820. The van der Waals surface area contributed by atoms with Crippen LogP contribution < -0.4 is 0 Å². The summed E-state index contributed by atoms with van der Waals surface area (Å²) in [5.41, 5.74) is -12.6. The Hall–Kier alpha value is -7.38. The van der Waals surface area contributed by atoms with Crippen molar-refractivity contribution in [3.05, 3.63) is 274 Å². The third-order valence-electron chi connectivity index (χ3n) is 8.93. The molecule has 0 N–H and O–H groups in total. The van der Waals surface area contributed by atoms with E-state index in [0.717, 1.165) is 0 Å². The van der Waals surface area contributed by atoms with E-state index in [0.29, 0.717) is 0 Å². The molecule has 9 rings (SSSR count). The highest BCUT2D eigenvalue weighted by molar-refractivity contribution is 6.10. The summed E-state index contributed by atoms with van der Waals surface area (Å²) in [6, 6.07) is -20.2. The van der Waals surface area contributed by atoms with Gasteiger partial charge >= 0.3 is 0 Å². The molecule has 0 fully saturated rings. The molecule has 0 heteroatoms. The standard InChI is InChI=1S/C56H38/c1-7-23-43(24-8-1)55(44-25-9-2-10-26-44,45-27-11-3-12-28-45)41-39-53-49-35-19-21-37-51(49)54(52-38-22-20-36-50(52)53)40-42-56(46-29-13-4-14-30-46,47-31-15-5-16-32-47)48-33-17-6-18-34-48/h1-38H/i1D,2D,3D,4D,5D,6D,7D,8D,9D,10D,11D,12D,13D,14D,15D,16D,17D,18D,23D,24D,25D,26D,27D,28D,29D,30D,31D,32D,33D,34D. The molecule has 0 aromatic heterocycles. The highest BCUT2D eigenvalue weighted by Crippen LogP contribution is 2.41. The minimum Gasteiger partial charge on any atom is -0.0764 e. The SMILES string of the molecule is [2H]c1c([2H])c([2H])c(C(C#Cc2c3ccccc3c(C#CC(c3c([2H])c([2H])c([2H])c([2H])c3[2H])(c3c([2H])c([2H])c([2H])c([2H])c3[2H])c3c([2H])c([2H])c([2H])c([2H])c3[2H])c3ccccc23)(c2c([2H])c([2H])c([2H])c([2H])c2[2H])c2c([2H])c([2H])c([2H])c([2H])c2[2H])c([2H])c1[2H]. The second-order valence-corrected chi connectivity index (χ2v) is 11.8. The van der Waals surface area contributed by atoms with Crippen LogP contribution in [0.4, 0.5) is 0 Å². The third kappa shape index (κ3) is 6.05. The molecule has 56 heavy (non-hydrogen) atoms. The lowest BCUT2D eigenvalue weighted by molar-refractivity contribution is 0.809. The normalized spacial score (nSPS) is 18.8. The van der Waals surface area contributed by atoms with Gasteiger partial charge in [-0.15, -0.1) is 0 Å². The van der Waals surface area contributed by atoms with Gasteiger partial charge in [-0.25, -0.2) is 0 Å². The molecule has 0 spiro atoms. The number of fused-ring (bicyclic) bond motifs is 2. The maximum atomic E-state index is 9.39. The fraction of sp³-hybridized carbons (Fsp3) is 0.0357. The molecule has 0 bridgehead atoms. The van der Waals surface area contributed by atoms with Gasteiger partial charge in [-0.3, -0.25) is 0 Å². The summed E-state index contributed by atoms with van der Waals surface area (Å²) in [6.07, 6.45) is 0. The zero-order valence-corrected chi connectivity index (χ0v) is 28.6. The quantitative estimate of drug-likeness (QED) is 0.0905. The van der Waals surface area contributed by atoms with Crippen molar-refractivity contribution in [2.24, 2.45) is 0 Å². The molecule has 0 saturated heterocycles. The van der Waals surface area contributed by atoms with Crippen LogP contribution in [0.3, 0.4) is 0 Å². The van der Waals surface area contributed by atoms with Crippen molar-refractivity contribution in [1.82, 2.24) is 0 Å². The smallest absolute Gasteiger partial charge is 0.0764 e. The Morgan fingerprint density at radius 3 is 0.679 bits per heavy atom. The van der Waals surface area contributed by atoms with E-state index in [1.807, 2.05) is 0 Å². The van der Waals surface area contributed by atoms with E-state index in [4.69, 9.17) is 24.7 Å². The first kappa shape index (κ1) is 14.7. The molecule has 0 saturated carbocycles. The lowest BCUT2D eigenvalue weighted by atomic mass is 9.69. The second-order valence-electron chi connectivity index (χ2n) is 11.8. The molecule has 0 nitrogen and oxygen atoms in total. The van der Waals surface area contributed by atoms with Crippen LogP contribution in [-0.4, -0.2) is 0 Å². The van der Waals surface area contributed by atoms with Gasteiger partial charge in [0.1, 0.15) is 10.8 Å². The Balaban J connectivity index is 1.57. The Morgan fingerprint density at radius 1 is 0.286 bits per heavy atom. The van der Waals surface area contributed by atoms with Crippen LogP contribution in [0.5, 0.6) is 0 Å². The van der Waals surface area contributed by atoms with E-state index in [1.54, 1.807) is 0 Å². The molecular formula is C56H38. The molecule has 0 atom stereocenters. The number of hydrogen-bond acceptors (Lipinski definition) is 0. The van der Waals surface area contributed by atoms with Gasteiger partial charge in [0.25, 0.3) is 0 Å². The second kappa shape index (κ2) is 15.2. The molecule has 9 aromatic rings. The molecule has 0 radical (unpaired) electrons. The number of benzene rings is 9. The zero-order valence-electron chi connectivity index (χ0n) is 58.6. The van der Waals surface area contributed by atoms with Gasteiger partial charge in [0.15, 0.2) is 0 Å². The van der Waals surface area contributed by atoms with Crippen LogP contribution >= 0.6 is 0 Å². The minimum atomic E-state index is -3.22. The predicted molar refractivity (Wildman–Crippen MR) is 234 cm³/mol.